The first-order valence-corrected chi connectivity index (χ1v) is 6.93. The lowest BCUT2D eigenvalue weighted by atomic mass is 9.93. The molecule has 1 aliphatic rings. The Balaban J connectivity index is 2.10. The number of rotatable bonds is 5. The Morgan fingerprint density at radius 2 is 2.06 bits per heavy atom. The minimum absolute atomic E-state index is 0.114. The molecule has 0 aliphatic carbocycles. The van der Waals surface area contributed by atoms with Crippen molar-refractivity contribution in [2.45, 2.75) is 32.1 Å². The molecular formula is C11H20N2O2S2. The van der Waals surface area contributed by atoms with E-state index in [-0.39, 0.29) is 10.5 Å². The number of nitrogens with zero attached hydrogens (tertiary/aromatic N) is 1. The highest BCUT2D eigenvalue weighted by molar-refractivity contribution is 7.96. The van der Waals surface area contributed by atoms with Crippen molar-refractivity contribution in [2.24, 2.45) is 5.92 Å². The van der Waals surface area contributed by atoms with Crippen LogP contribution in [0.5, 0.6) is 0 Å². The van der Waals surface area contributed by atoms with Gasteiger partial charge in [0.05, 0.1) is 0 Å². The summed E-state index contributed by atoms with van der Waals surface area (Å²) >= 11 is 7.49. The summed E-state index contributed by atoms with van der Waals surface area (Å²) in [6, 6.07) is 0. The zero-order valence-electron chi connectivity index (χ0n) is 9.89. The lowest BCUT2D eigenvalue weighted by molar-refractivity contribution is 0.183. The number of unbranched alkanes of at least 4 members (excludes halogenated alkanes) is 1. The van der Waals surface area contributed by atoms with E-state index in [0.29, 0.717) is 12.5 Å². The van der Waals surface area contributed by atoms with Crippen LogP contribution in [0.1, 0.15) is 32.1 Å². The van der Waals surface area contributed by atoms with Crippen LogP contribution < -0.4 is 5.32 Å². The van der Waals surface area contributed by atoms with Crippen LogP contribution in [0.25, 0.3) is 0 Å². The molecule has 0 aromatic rings. The Morgan fingerprint density at radius 3 is 2.71 bits per heavy atom. The van der Waals surface area contributed by atoms with Gasteiger partial charge in [0.1, 0.15) is 0 Å². The third-order valence-corrected chi connectivity index (χ3v) is 3.55. The van der Waals surface area contributed by atoms with Crippen LogP contribution in [0, 0.1) is 5.92 Å². The molecule has 1 atom stereocenters. The maximum absolute atomic E-state index is 11.1. The Labute approximate surface area is 113 Å². The van der Waals surface area contributed by atoms with Gasteiger partial charge in [-0.15, -0.1) is 0 Å². The summed E-state index contributed by atoms with van der Waals surface area (Å²) in [7, 11) is 0. The molecule has 0 spiro atoms. The number of carbonyl (C=O) groups excluding carboxylic acids is 2. The summed E-state index contributed by atoms with van der Waals surface area (Å²) in [5.74, 6) is 0.589. The summed E-state index contributed by atoms with van der Waals surface area (Å²) in [5.41, 5.74) is 0. The quantitative estimate of drug-likeness (QED) is 0.534. The number of likely N-dealkylation sites (tertiary alicyclic amines) is 1. The molecule has 0 saturated carbocycles. The highest BCUT2D eigenvalue weighted by atomic mass is 32.1. The van der Waals surface area contributed by atoms with Crippen LogP contribution in [0.2, 0.25) is 0 Å². The molecule has 0 aromatic heterocycles. The van der Waals surface area contributed by atoms with Crippen molar-refractivity contribution in [3.63, 3.8) is 0 Å². The van der Waals surface area contributed by atoms with Crippen LogP contribution in [-0.2, 0) is 0 Å². The third kappa shape index (κ3) is 6.21. The fourth-order valence-electron chi connectivity index (χ4n) is 2.23. The van der Waals surface area contributed by atoms with Gasteiger partial charge in [-0.25, -0.2) is 0 Å². The van der Waals surface area contributed by atoms with Crippen molar-refractivity contribution in [2.75, 3.05) is 19.6 Å². The molecule has 1 N–H and O–H groups in total. The molecule has 1 aliphatic heterocycles. The Morgan fingerprint density at radius 1 is 1.29 bits per heavy atom. The minimum atomic E-state index is -0.269. The van der Waals surface area contributed by atoms with Crippen molar-refractivity contribution < 1.29 is 9.59 Å². The average Bonchev–Trinajstić information content (AvgIpc) is 2.28. The fourth-order valence-corrected chi connectivity index (χ4v) is 2.52. The molecular weight excluding hydrogens is 256 g/mol. The number of amides is 2. The second-order valence-electron chi connectivity index (χ2n) is 4.46. The second-order valence-corrected chi connectivity index (χ2v) is 5.25. The van der Waals surface area contributed by atoms with E-state index < -0.39 is 0 Å². The van der Waals surface area contributed by atoms with Crippen molar-refractivity contribution in [1.82, 2.24) is 10.2 Å². The van der Waals surface area contributed by atoms with Crippen molar-refractivity contribution in [1.29, 1.82) is 0 Å². The van der Waals surface area contributed by atoms with Gasteiger partial charge in [-0.2, -0.15) is 0 Å². The Hall–Kier alpha value is -0.360. The molecule has 0 aromatic carbocycles. The first kappa shape index (κ1) is 14.7. The Kier molecular flexibility index (Phi) is 6.80. The predicted molar refractivity (Wildman–Crippen MR) is 74.9 cm³/mol. The lowest BCUT2D eigenvalue weighted by Crippen LogP contribution is -2.37. The van der Waals surface area contributed by atoms with Crippen molar-refractivity contribution in [3.05, 3.63) is 0 Å². The van der Waals surface area contributed by atoms with Crippen LogP contribution in [0.15, 0.2) is 0 Å². The van der Waals surface area contributed by atoms with Gasteiger partial charge < -0.3 is 10.2 Å². The number of hydrogen-bond acceptors (Lipinski definition) is 2. The fraction of sp³-hybridized carbons (Fsp3) is 0.818. The Bertz CT molecular complexity index is 274. The molecule has 1 saturated heterocycles. The average molecular weight is 276 g/mol. The summed E-state index contributed by atoms with van der Waals surface area (Å²) < 4.78 is 0. The van der Waals surface area contributed by atoms with Gasteiger partial charge in [0.15, 0.2) is 0 Å². The van der Waals surface area contributed by atoms with E-state index in [2.05, 4.69) is 30.6 Å². The summed E-state index contributed by atoms with van der Waals surface area (Å²) in [6.07, 6.45) is 5.42. The first-order valence-electron chi connectivity index (χ1n) is 6.04. The lowest BCUT2D eigenvalue weighted by Gasteiger charge is -2.31. The molecule has 2 amide bonds. The third-order valence-electron chi connectivity index (χ3n) is 3.10. The van der Waals surface area contributed by atoms with Crippen molar-refractivity contribution in [3.8, 4) is 0 Å². The van der Waals surface area contributed by atoms with Gasteiger partial charge in [-0.05, 0) is 31.6 Å². The summed E-state index contributed by atoms with van der Waals surface area (Å²) in [6.45, 7) is 2.36. The van der Waals surface area contributed by atoms with E-state index in [1.807, 2.05) is 4.90 Å². The molecule has 1 unspecified atom stereocenters. The number of thiol groups is 2. The minimum Gasteiger partial charge on any atom is -0.347 e. The second kappa shape index (κ2) is 7.87. The van der Waals surface area contributed by atoms with Gasteiger partial charge in [0.2, 0.25) is 0 Å². The van der Waals surface area contributed by atoms with E-state index >= 15 is 0 Å². The van der Waals surface area contributed by atoms with Crippen LogP contribution in [0.3, 0.4) is 0 Å². The van der Waals surface area contributed by atoms with Crippen LogP contribution in [0.4, 0.5) is 9.59 Å². The predicted octanol–water partition coefficient (Wildman–Crippen LogP) is 2.56. The molecule has 98 valence electrons. The largest absolute Gasteiger partial charge is 0.347 e. The van der Waals surface area contributed by atoms with E-state index in [0.717, 1.165) is 38.8 Å². The smallest absolute Gasteiger partial charge is 0.278 e. The molecule has 1 rings (SSSR count). The maximum Gasteiger partial charge on any atom is 0.278 e. The van der Waals surface area contributed by atoms with Gasteiger partial charge in [-0.1, -0.05) is 31.7 Å². The zero-order valence-corrected chi connectivity index (χ0v) is 11.7. The van der Waals surface area contributed by atoms with Gasteiger partial charge in [-0.3, -0.25) is 9.59 Å². The summed E-state index contributed by atoms with van der Waals surface area (Å²) in [5, 5.41) is 2.28. The normalized spacial score (nSPS) is 20.1. The number of hydrogen-bond donors (Lipinski definition) is 3. The number of carbonyl (C=O) groups is 2. The van der Waals surface area contributed by atoms with E-state index in [9.17, 15) is 9.59 Å². The topological polar surface area (TPSA) is 49.4 Å². The standard InChI is InChI=1S/C11H20N2O2S2/c14-10(16)12-6-2-1-4-9-5-3-7-13(8-9)11(15)17/h9H,1-8H2,(H,15,17)(H2,12,14,16). The molecule has 0 bridgehead atoms. The van der Waals surface area contributed by atoms with Crippen molar-refractivity contribution >= 4 is 35.7 Å². The van der Waals surface area contributed by atoms with Crippen LogP contribution >= 0.6 is 25.3 Å². The molecule has 1 heterocycles. The highest BCUT2D eigenvalue weighted by Crippen LogP contribution is 2.22. The van der Waals surface area contributed by atoms with Gasteiger partial charge >= 0.3 is 0 Å². The van der Waals surface area contributed by atoms with E-state index in [4.69, 9.17) is 0 Å². The summed E-state index contributed by atoms with van der Waals surface area (Å²) in [4.78, 5) is 23.5. The SMILES string of the molecule is O=C(S)NCCCCC1CCCN(C(=O)S)C1. The highest BCUT2D eigenvalue weighted by Gasteiger charge is 2.21. The van der Waals surface area contributed by atoms with Gasteiger partial charge in [0, 0.05) is 19.6 Å². The molecule has 17 heavy (non-hydrogen) atoms. The zero-order chi connectivity index (χ0) is 12.7. The monoisotopic (exact) mass is 276 g/mol. The van der Waals surface area contributed by atoms with Crippen LogP contribution in [-0.4, -0.2) is 35.0 Å². The molecule has 1 fully saturated rings. The molecule has 6 heteroatoms. The number of piperidine rings is 1. The first-order chi connectivity index (χ1) is 8.09. The molecule has 4 nitrogen and oxygen atoms in total. The van der Waals surface area contributed by atoms with E-state index in [1.165, 1.54) is 6.42 Å². The molecule has 0 radical (unpaired) electrons. The number of nitrogens with one attached hydrogen (secondary N) is 1. The maximum atomic E-state index is 11.1. The van der Waals surface area contributed by atoms with Gasteiger partial charge in [0.25, 0.3) is 10.5 Å². The van der Waals surface area contributed by atoms with E-state index in [1.54, 1.807) is 0 Å².